The van der Waals surface area contributed by atoms with Crippen molar-refractivity contribution in [2.75, 3.05) is 30.2 Å². The Morgan fingerprint density at radius 3 is 2.11 bits per heavy atom. The molecule has 35 heavy (non-hydrogen) atoms. The summed E-state index contributed by atoms with van der Waals surface area (Å²) < 4.78 is 26.4. The van der Waals surface area contributed by atoms with Crippen LogP contribution in [0.1, 0.15) is 52.2 Å². The van der Waals surface area contributed by atoms with Gasteiger partial charge in [0, 0.05) is 13.1 Å². The molecule has 8 heteroatoms. The Hall–Kier alpha value is -2.87. The summed E-state index contributed by atoms with van der Waals surface area (Å²) in [6.07, 6.45) is 2.42. The van der Waals surface area contributed by atoms with Crippen LogP contribution in [0.25, 0.3) is 0 Å². The number of carbonyl (C=O) groups is 2. The van der Waals surface area contributed by atoms with Crippen molar-refractivity contribution >= 4 is 27.5 Å². The van der Waals surface area contributed by atoms with E-state index in [2.05, 4.69) is 26.1 Å². The van der Waals surface area contributed by atoms with Gasteiger partial charge < -0.3 is 10.2 Å². The molecule has 1 N–H and O–H groups in total. The summed E-state index contributed by atoms with van der Waals surface area (Å²) >= 11 is 0. The number of benzene rings is 2. The van der Waals surface area contributed by atoms with Crippen LogP contribution in [0.2, 0.25) is 0 Å². The van der Waals surface area contributed by atoms with Gasteiger partial charge in [-0.25, -0.2) is 8.42 Å². The number of nitrogens with zero attached hydrogens (tertiary/aromatic N) is 2. The average Bonchev–Trinajstić information content (AvgIpc) is 2.80. The van der Waals surface area contributed by atoms with E-state index in [1.54, 1.807) is 19.1 Å². The van der Waals surface area contributed by atoms with E-state index < -0.39 is 22.0 Å². The molecule has 0 aliphatic heterocycles. The monoisotopic (exact) mass is 501 g/mol. The first kappa shape index (κ1) is 28.4. The van der Waals surface area contributed by atoms with Gasteiger partial charge in [0.15, 0.2) is 0 Å². The van der Waals surface area contributed by atoms with Crippen molar-refractivity contribution in [3.05, 3.63) is 65.7 Å². The van der Waals surface area contributed by atoms with E-state index in [1.165, 1.54) is 4.90 Å². The third kappa shape index (κ3) is 8.38. The second-order valence-corrected chi connectivity index (χ2v) is 11.8. The summed E-state index contributed by atoms with van der Waals surface area (Å²) in [4.78, 5) is 27.7. The standard InChI is InChI=1S/C27H39N3O4S/c1-7-18-28-26(32)21(2)29(19-17-22-11-9-8-10-12-22)25(31)20-30(35(6,33)34)24-15-13-23(14-16-24)27(3,4)5/h8-16,21H,7,17-20H2,1-6H3,(H,28,32)/t21-/m0/s1. The normalized spacial score (nSPS) is 12.6. The Morgan fingerprint density at radius 2 is 1.60 bits per heavy atom. The van der Waals surface area contributed by atoms with Crippen molar-refractivity contribution in [1.29, 1.82) is 0 Å². The topological polar surface area (TPSA) is 86.8 Å². The first-order chi connectivity index (χ1) is 16.3. The number of amides is 2. The number of rotatable bonds is 11. The average molecular weight is 502 g/mol. The van der Waals surface area contributed by atoms with Crippen LogP contribution >= 0.6 is 0 Å². The minimum atomic E-state index is -3.74. The molecule has 0 aromatic heterocycles. The molecule has 0 saturated carbocycles. The summed E-state index contributed by atoms with van der Waals surface area (Å²) in [7, 11) is -3.74. The molecule has 2 aromatic rings. The van der Waals surface area contributed by atoms with Gasteiger partial charge in [0.25, 0.3) is 0 Å². The molecule has 0 aliphatic carbocycles. The van der Waals surface area contributed by atoms with Crippen molar-refractivity contribution in [2.45, 2.75) is 58.9 Å². The lowest BCUT2D eigenvalue weighted by Crippen LogP contribution is -2.52. The van der Waals surface area contributed by atoms with Gasteiger partial charge in [-0.3, -0.25) is 13.9 Å². The fourth-order valence-electron chi connectivity index (χ4n) is 3.71. The maximum atomic E-state index is 13.5. The van der Waals surface area contributed by atoms with Gasteiger partial charge in [-0.2, -0.15) is 0 Å². The number of nitrogens with one attached hydrogen (secondary N) is 1. The van der Waals surface area contributed by atoms with Crippen molar-refractivity contribution < 1.29 is 18.0 Å². The Morgan fingerprint density at radius 1 is 1.00 bits per heavy atom. The predicted molar refractivity (Wildman–Crippen MR) is 142 cm³/mol. The zero-order valence-corrected chi connectivity index (χ0v) is 22.6. The lowest BCUT2D eigenvalue weighted by atomic mass is 9.87. The molecule has 0 saturated heterocycles. The van der Waals surface area contributed by atoms with Crippen LogP contribution in [-0.2, 0) is 31.4 Å². The predicted octanol–water partition coefficient (Wildman–Crippen LogP) is 3.74. The first-order valence-electron chi connectivity index (χ1n) is 12.0. The van der Waals surface area contributed by atoms with E-state index in [-0.39, 0.29) is 17.9 Å². The minimum absolute atomic E-state index is 0.0835. The molecule has 7 nitrogen and oxygen atoms in total. The van der Waals surface area contributed by atoms with Crippen molar-refractivity contribution in [2.24, 2.45) is 0 Å². The fraction of sp³-hybridized carbons (Fsp3) is 0.481. The van der Waals surface area contributed by atoms with Crippen LogP contribution in [0, 0.1) is 0 Å². The molecule has 0 radical (unpaired) electrons. The molecule has 0 fully saturated rings. The van der Waals surface area contributed by atoms with Gasteiger partial charge in [-0.15, -0.1) is 0 Å². The molecular weight excluding hydrogens is 462 g/mol. The van der Waals surface area contributed by atoms with Crippen LogP contribution < -0.4 is 9.62 Å². The van der Waals surface area contributed by atoms with Gasteiger partial charge in [0.05, 0.1) is 11.9 Å². The van der Waals surface area contributed by atoms with Gasteiger partial charge in [0.1, 0.15) is 12.6 Å². The zero-order valence-electron chi connectivity index (χ0n) is 21.7. The number of sulfonamides is 1. The number of hydrogen-bond acceptors (Lipinski definition) is 4. The summed E-state index contributed by atoms with van der Waals surface area (Å²) in [5, 5.41) is 2.84. The molecule has 0 heterocycles. The molecule has 2 rings (SSSR count). The van der Waals surface area contributed by atoms with E-state index in [9.17, 15) is 18.0 Å². The van der Waals surface area contributed by atoms with Gasteiger partial charge in [-0.1, -0.05) is 70.2 Å². The van der Waals surface area contributed by atoms with Gasteiger partial charge >= 0.3 is 0 Å². The van der Waals surface area contributed by atoms with Crippen LogP contribution in [0.4, 0.5) is 5.69 Å². The quantitative estimate of drug-likeness (QED) is 0.508. The van der Waals surface area contributed by atoms with E-state index in [0.29, 0.717) is 25.2 Å². The molecule has 0 spiro atoms. The SMILES string of the molecule is CCCNC(=O)[C@H](C)N(CCc1ccccc1)C(=O)CN(c1ccc(C(C)(C)C)cc1)S(C)(=O)=O. The molecular formula is C27H39N3O4S. The van der Waals surface area contributed by atoms with Crippen molar-refractivity contribution in [1.82, 2.24) is 10.2 Å². The summed E-state index contributed by atoms with van der Waals surface area (Å²) in [6.45, 7) is 10.3. The van der Waals surface area contributed by atoms with E-state index >= 15 is 0 Å². The second kappa shape index (κ2) is 12.2. The third-order valence-corrected chi connectivity index (χ3v) is 7.04. The highest BCUT2D eigenvalue weighted by Crippen LogP contribution is 2.26. The summed E-state index contributed by atoms with van der Waals surface area (Å²) in [5.41, 5.74) is 2.43. The van der Waals surface area contributed by atoms with Crippen LogP contribution in [-0.4, -0.2) is 57.1 Å². The highest BCUT2D eigenvalue weighted by atomic mass is 32.2. The van der Waals surface area contributed by atoms with Gasteiger partial charge in [0.2, 0.25) is 21.8 Å². The zero-order chi connectivity index (χ0) is 26.2. The Labute approximate surface area is 210 Å². The number of anilines is 1. The first-order valence-corrected chi connectivity index (χ1v) is 13.9. The number of hydrogen-bond donors (Lipinski definition) is 1. The maximum Gasteiger partial charge on any atom is 0.244 e. The van der Waals surface area contributed by atoms with Crippen LogP contribution in [0.3, 0.4) is 0 Å². The highest BCUT2D eigenvalue weighted by Gasteiger charge is 2.29. The molecule has 1 atom stereocenters. The van der Waals surface area contributed by atoms with Crippen LogP contribution in [0.5, 0.6) is 0 Å². The molecule has 0 aliphatic rings. The summed E-state index contributed by atoms with van der Waals surface area (Å²) in [5.74, 6) is -0.681. The van der Waals surface area contributed by atoms with E-state index in [1.807, 2.05) is 49.4 Å². The third-order valence-electron chi connectivity index (χ3n) is 5.90. The fourth-order valence-corrected chi connectivity index (χ4v) is 4.56. The van der Waals surface area contributed by atoms with Gasteiger partial charge in [-0.05, 0) is 48.4 Å². The Balaban J connectivity index is 2.31. The molecule has 192 valence electrons. The summed E-state index contributed by atoms with van der Waals surface area (Å²) in [6, 6.07) is 16.2. The molecule has 2 amide bonds. The second-order valence-electron chi connectivity index (χ2n) is 9.86. The Kier molecular flexibility index (Phi) is 9.89. The smallest absolute Gasteiger partial charge is 0.244 e. The lowest BCUT2D eigenvalue weighted by Gasteiger charge is -2.31. The molecule has 2 aromatic carbocycles. The maximum absolute atomic E-state index is 13.5. The Bertz CT molecular complexity index is 1080. The van der Waals surface area contributed by atoms with E-state index in [4.69, 9.17) is 0 Å². The highest BCUT2D eigenvalue weighted by molar-refractivity contribution is 7.92. The number of carbonyl (C=O) groups excluding carboxylic acids is 2. The van der Waals surface area contributed by atoms with Crippen molar-refractivity contribution in [3.63, 3.8) is 0 Å². The largest absolute Gasteiger partial charge is 0.354 e. The minimum Gasteiger partial charge on any atom is -0.354 e. The lowest BCUT2D eigenvalue weighted by molar-refractivity contribution is -0.138. The van der Waals surface area contributed by atoms with E-state index in [0.717, 1.165) is 28.1 Å². The van der Waals surface area contributed by atoms with Crippen LogP contribution in [0.15, 0.2) is 54.6 Å². The molecule has 0 unspecified atom stereocenters. The van der Waals surface area contributed by atoms with Crippen molar-refractivity contribution in [3.8, 4) is 0 Å². The molecule has 0 bridgehead atoms.